The van der Waals surface area contributed by atoms with Gasteiger partial charge < -0.3 is 4.74 Å². The van der Waals surface area contributed by atoms with E-state index in [4.69, 9.17) is 4.74 Å². The van der Waals surface area contributed by atoms with Gasteiger partial charge in [0.15, 0.2) is 0 Å². The third-order valence-corrected chi connectivity index (χ3v) is 3.89. The van der Waals surface area contributed by atoms with Crippen molar-refractivity contribution in [1.29, 1.82) is 0 Å². The van der Waals surface area contributed by atoms with E-state index in [1.54, 1.807) is 0 Å². The van der Waals surface area contributed by atoms with Gasteiger partial charge in [-0.2, -0.15) is 0 Å². The van der Waals surface area contributed by atoms with Gasteiger partial charge in [0.2, 0.25) is 0 Å². The molecule has 1 heterocycles. The van der Waals surface area contributed by atoms with Crippen LogP contribution >= 0.6 is 0 Å². The molecule has 0 bridgehead atoms. The van der Waals surface area contributed by atoms with Gasteiger partial charge >= 0.3 is 0 Å². The fourth-order valence-electron chi connectivity index (χ4n) is 2.90. The molecule has 2 atom stereocenters. The average molecular weight is 188 g/mol. The first kappa shape index (κ1) is 8.49. The Hall–Kier alpha value is -0.820. The van der Waals surface area contributed by atoms with Crippen LogP contribution in [0.2, 0.25) is 0 Å². The second-order valence-corrected chi connectivity index (χ2v) is 4.85. The Morgan fingerprint density at radius 2 is 2.14 bits per heavy atom. The Bertz CT molecular complexity index is 358. The molecule has 74 valence electrons. The van der Waals surface area contributed by atoms with Crippen molar-refractivity contribution in [3.63, 3.8) is 0 Å². The predicted octanol–water partition coefficient (Wildman–Crippen LogP) is 3.10. The van der Waals surface area contributed by atoms with Crippen molar-refractivity contribution in [2.75, 3.05) is 6.61 Å². The summed E-state index contributed by atoms with van der Waals surface area (Å²) in [6.07, 6.45) is 4.11. The summed E-state index contributed by atoms with van der Waals surface area (Å²) in [5, 5.41) is 0. The number of rotatable bonds is 0. The highest BCUT2D eigenvalue weighted by Gasteiger charge is 2.43. The fraction of sp³-hybridized carbons (Fsp3) is 0.538. The van der Waals surface area contributed by atoms with Gasteiger partial charge in [-0.25, -0.2) is 0 Å². The molecule has 0 N–H and O–H groups in total. The molecule has 0 aromatic heterocycles. The lowest BCUT2D eigenvalue weighted by Crippen LogP contribution is -2.26. The molecule has 0 amide bonds. The summed E-state index contributed by atoms with van der Waals surface area (Å²) in [5.74, 6) is 0. The largest absolute Gasteiger partial charge is 0.373 e. The fourth-order valence-corrected chi connectivity index (χ4v) is 2.90. The number of fused-ring (bicyclic) bond motifs is 3. The van der Waals surface area contributed by atoms with Crippen LogP contribution in [0.5, 0.6) is 0 Å². The molecule has 14 heavy (non-hydrogen) atoms. The topological polar surface area (TPSA) is 9.23 Å². The zero-order chi connectivity index (χ0) is 9.60. The zero-order valence-electron chi connectivity index (χ0n) is 8.62. The van der Waals surface area contributed by atoms with Crippen LogP contribution in [0.1, 0.15) is 37.0 Å². The van der Waals surface area contributed by atoms with E-state index < -0.39 is 0 Å². The highest BCUT2D eigenvalue weighted by atomic mass is 16.5. The first-order chi connectivity index (χ1) is 6.80. The van der Waals surface area contributed by atoms with Crippen LogP contribution in [-0.2, 0) is 11.2 Å². The number of hydrogen-bond acceptors (Lipinski definition) is 1. The molecule has 0 radical (unpaired) electrons. The maximum atomic E-state index is 5.89. The van der Waals surface area contributed by atoms with E-state index in [-0.39, 0.29) is 0 Å². The maximum absolute atomic E-state index is 5.89. The smallest absolute Gasteiger partial charge is 0.0882 e. The van der Waals surface area contributed by atoms with Gasteiger partial charge in [0.05, 0.1) is 6.10 Å². The van der Waals surface area contributed by atoms with Crippen molar-refractivity contribution < 1.29 is 4.74 Å². The normalized spacial score (nSPS) is 35.1. The number of hydrogen-bond donors (Lipinski definition) is 0. The summed E-state index contributed by atoms with van der Waals surface area (Å²) in [5.41, 5.74) is 3.35. The second-order valence-electron chi connectivity index (χ2n) is 4.85. The van der Waals surface area contributed by atoms with Gasteiger partial charge in [-0.05, 0) is 30.4 Å². The molecule has 0 unspecified atom stereocenters. The average Bonchev–Trinajstić information content (AvgIpc) is 2.60. The summed E-state index contributed by atoms with van der Waals surface area (Å²) < 4.78 is 5.89. The van der Waals surface area contributed by atoms with Crippen LogP contribution < -0.4 is 0 Å². The molecular formula is C13H16O. The van der Waals surface area contributed by atoms with Crippen molar-refractivity contribution in [2.24, 2.45) is 5.41 Å². The van der Waals surface area contributed by atoms with Crippen molar-refractivity contribution in [3.05, 3.63) is 35.4 Å². The Morgan fingerprint density at radius 3 is 3.07 bits per heavy atom. The van der Waals surface area contributed by atoms with Gasteiger partial charge in [0, 0.05) is 12.0 Å². The van der Waals surface area contributed by atoms with E-state index in [1.165, 1.54) is 30.4 Å². The van der Waals surface area contributed by atoms with Gasteiger partial charge in [-0.3, -0.25) is 0 Å². The third kappa shape index (κ3) is 1.05. The molecule has 0 saturated carbocycles. The first-order valence-electron chi connectivity index (χ1n) is 5.49. The van der Waals surface area contributed by atoms with Gasteiger partial charge in [-0.1, -0.05) is 31.2 Å². The summed E-state index contributed by atoms with van der Waals surface area (Å²) in [6, 6.07) is 8.75. The van der Waals surface area contributed by atoms with Crippen molar-refractivity contribution in [1.82, 2.24) is 0 Å². The molecule has 2 aliphatic rings. The molecule has 1 nitrogen and oxygen atoms in total. The molecule has 0 spiro atoms. The molecule has 1 aliphatic heterocycles. The minimum Gasteiger partial charge on any atom is -0.373 e. The number of ether oxygens (including phenoxy) is 1. The summed E-state index contributed by atoms with van der Waals surface area (Å²) in [6.45, 7) is 3.32. The second kappa shape index (κ2) is 2.83. The first-order valence-corrected chi connectivity index (χ1v) is 5.49. The van der Waals surface area contributed by atoms with E-state index in [2.05, 4.69) is 31.2 Å². The molecule has 3 rings (SSSR count). The van der Waals surface area contributed by atoms with Gasteiger partial charge in [0.1, 0.15) is 0 Å². The number of benzene rings is 1. The molecular weight excluding hydrogens is 172 g/mol. The van der Waals surface area contributed by atoms with E-state index in [1.807, 2.05) is 0 Å². The quantitative estimate of drug-likeness (QED) is 0.608. The highest BCUT2D eigenvalue weighted by Crippen LogP contribution is 2.51. The maximum Gasteiger partial charge on any atom is 0.0882 e. The Balaban J connectivity index is 2.10. The lowest BCUT2D eigenvalue weighted by molar-refractivity contribution is 0.0443. The summed E-state index contributed by atoms with van der Waals surface area (Å²) >= 11 is 0. The molecule has 1 heteroatoms. The molecule has 1 aromatic rings. The predicted molar refractivity (Wildman–Crippen MR) is 56.2 cm³/mol. The third-order valence-electron chi connectivity index (χ3n) is 3.89. The van der Waals surface area contributed by atoms with Crippen LogP contribution in [0.4, 0.5) is 0 Å². The lowest BCUT2D eigenvalue weighted by atomic mass is 9.70. The van der Waals surface area contributed by atoms with Gasteiger partial charge in [0.25, 0.3) is 0 Å². The van der Waals surface area contributed by atoms with Gasteiger partial charge in [-0.15, -0.1) is 0 Å². The summed E-state index contributed by atoms with van der Waals surface area (Å²) in [4.78, 5) is 0. The monoisotopic (exact) mass is 188 g/mol. The van der Waals surface area contributed by atoms with E-state index >= 15 is 0 Å². The highest BCUT2D eigenvalue weighted by molar-refractivity contribution is 5.34. The minimum atomic E-state index is 0.368. The van der Waals surface area contributed by atoms with Crippen LogP contribution in [0.3, 0.4) is 0 Å². The van der Waals surface area contributed by atoms with Crippen molar-refractivity contribution >= 4 is 0 Å². The van der Waals surface area contributed by atoms with Crippen LogP contribution in [0.15, 0.2) is 24.3 Å². The molecule has 1 aliphatic carbocycles. The van der Waals surface area contributed by atoms with Crippen LogP contribution in [-0.4, -0.2) is 6.61 Å². The lowest BCUT2D eigenvalue weighted by Gasteiger charge is -2.36. The Morgan fingerprint density at radius 1 is 1.29 bits per heavy atom. The molecule has 1 saturated heterocycles. The molecule has 1 aromatic carbocycles. The zero-order valence-corrected chi connectivity index (χ0v) is 8.62. The SMILES string of the molecule is C[C@@]12CCO[C@@H]1c1ccccc1CC2. The van der Waals surface area contributed by atoms with Crippen LogP contribution in [0.25, 0.3) is 0 Å². The Kier molecular flexibility index (Phi) is 1.72. The Labute approximate surface area is 85.1 Å². The summed E-state index contributed by atoms with van der Waals surface area (Å²) in [7, 11) is 0. The minimum absolute atomic E-state index is 0.368. The van der Waals surface area contributed by atoms with E-state index in [0.717, 1.165) is 6.61 Å². The van der Waals surface area contributed by atoms with Crippen molar-refractivity contribution in [3.8, 4) is 0 Å². The van der Waals surface area contributed by atoms with E-state index in [9.17, 15) is 0 Å². The van der Waals surface area contributed by atoms with Crippen LogP contribution in [0, 0.1) is 5.41 Å². The van der Waals surface area contributed by atoms with E-state index in [0.29, 0.717) is 11.5 Å². The standard InChI is InChI=1S/C13H16O/c1-13-7-6-10-4-2-3-5-11(10)12(13)14-9-8-13/h2-5,12H,6-9H2,1H3/t12-,13-/m1/s1. The van der Waals surface area contributed by atoms with Crippen molar-refractivity contribution in [2.45, 2.75) is 32.3 Å². The number of aryl methyl sites for hydroxylation is 1. The molecule has 1 fully saturated rings.